The van der Waals surface area contributed by atoms with Crippen molar-refractivity contribution in [1.29, 1.82) is 0 Å². The number of nitrogens with zero attached hydrogens (tertiary/aromatic N) is 2. The van der Waals surface area contributed by atoms with Gasteiger partial charge in [0.1, 0.15) is 5.01 Å². The Balaban J connectivity index is 1.99. The summed E-state index contributed by atoms with van der Waals surface area (Å²) in [6, 6.07) is 9.83. The number of carbonyl (C=O) groups excluding carboxylic acids is 1. The number of primary amides is 1. The number of amides is 1. The van der Waals surface area contributed by atoms with Gasteiger partial charge in [-0.15, -0.1) is 10.2 Å². The van der Waals surface area contributed by atoms with E-state index in [9.17, 15) is 4.79 Å². The molecule has 2 rings (SSSR count). The van der Waals surface area contributed by atoms with Crippen LogP contribution < -0.4 is 11.1 Å². The van der Waals surface area contributed by atoms with Crippen molar-refractivity contribution in [1.82, 2.24) is 10.2 Å². The third kappa shape index (κ3) is 3.25. The van der Waals surface area contributed by atoms with E-state index in [1.807, 2.05) is 30.3 Å². The standard InChI is InChI=1S/C11H12N4OS/c12-9(16)6-7-13-11-15-14-10(17-11)8-4-2-1-3-5-8/h1-5H,6-7H2,(H2,12,16)(H,13,15). The second kappa shape index (κ2) is 5.40. The lowest BCUT2D eigenvalue weighted by Crippen LogP contribution is -2.15. The summed E-state index contributed by atoms with van der Waals surface area (Å²) >= 11 is 1.45. The van der Waals surface area contributed by atoms with Crippen LogP contribution in [0.5, 0.6) is 0 Å². The molecule has 6 heteroatoms. The third-order valence-corrected chi connectivity index (χ3v) is 3.02. The van der Waals surface area contributed by atoms with Crippen LogP contribution in [0.2, 0.25) is 0 Å². The number of nitrogens with two attached hydrogens (primary N) is 1. The van der Waals surface area contributed by atoms with Crippen molar-refractivity contribution in [3.63, 3.8) is 0 Å². The monoisotopic (exact) mass is 248 g/mol. The van der Waals surface area contributed by atoms with Crippen LogP contribution >= 0.6 is 11.3 Å². The van der Waals surface area contributed by atoms with E-state index in [2.05, 4.69) is 15.5 Å². The molecule has 0 unspecified atom stereocenters. The zero-order valence-corrected chi connectivity index (χ0v) is 9.91. The van der Waals surface area contributed by atoms with Crippen LogP contribution in [0.3, 0.4) is 0 Å². The molecule has 0 fully saturated rings. The Morgan fingerprint density at radius 3 is 2.76 bits per heavy atom. The Kier molecular flexibility index (Phi) is 3.66. The van der Waals surface area contributed by atoms with Gasteiger partial charge in [0, 0.05) is 18.5 Å². The number of benzene rings is 1. The average molecular weight is 248 g/mol. The Morgan fingerprint density at radius 1 is 1.29 bits per heavy atom. The molecule has 1 aromatic carbocycles. The summed E-state index contributed by atoms with van der Waals surface area (Å²) in [7, 11) is 0. The maximum absolute atomic E-state index is 10.6. The van der Waals surface area contributed by atoms with Gasteiger partial charge in [-0.3, -0.25) is 4.79 Å². The normalized spacial score (nSPS) is 10.1. The van der Waals surface area contributed by atoms with Gasteiger partial charge in [-0.25, -0.2) is 0 Å². The maximum atomic E-state index is 10.6. The number of carbonyl (C=O) groups is 1. The van der Waals surface area contributed by atoms with Gasteiger partial charge in [0.05, 0.1) is 0 Å². The van der Waals surface area contributed by atoms with Crippen LogP contribution in [0.15, 0.2) is 30.3 Å². The minimum Gasteiger partial charge on any atom is -0.370 e. The second-order valence-electron chi connectivity index (χ2n) is 3.42. The number of hydrogen-bond acceptors (Lipinski definition) is 5. The van der Waals surface area contributed by atoms with Gasteiger partial charge in [-0.1, -0.05) is 41.7 Å². The fourth-order valence-corrected chi connectivity index (χ4v) is 2.06. The summed E-state index contributed by atoms with van der Waals surface area (Å²) in [5, 5.41) is 12.6. The van der Waals surface area contributed by atoms with Crippen LogP contribution in [0, 0.1) is 0 Å². The van der Waals surface area contributed by atoms with E-state index in [0.717, 1.165) is 10.6 Å². The zero-order chi connectivity index (χ0) is 12.1. The van der Waals surface area contributed by atoms with Gasteiger partial charge < -0.3 is 11.1 Å². The van der Waals surface area contributed by atoms with Crippen LogP contribution in [-0.4, -0.2) is 22.6 Å². The SMILES string of the molecule is NC(=O)CCNc1nnc(-c2ccccc2)s1. The van der Waals surface area contributed by atoms with Gasteiger partial charge >= 0.3 is 0 Å². The van der Waals surface area contributed by atoms with Crippen molar-refractivity contribution in [2.24, 2.45) is 5.73 Å². The van der Waals surface area contributed by atoms with Gasteiger partial charge in [0.25, 0.3) is 0 Å². The molecule has 0 aliphatic rings. The van der Waals surface area contributed by atoms with E-state index in [-0.39, 0.29) is 5.91 Å². The molecule has 0 bridgehead atoms. The molecule has 5 nitrogen and oxygen atoms in total. The number of nitrogens with one attached hydrogen (secondary N) is 1. The zero-order valence-electron chi connectivity index (χ0n) is 9.09. The predicted molar refractivity (Wildman–Crippen MR) is 67.6 cm³/mol. The highest BCUT2D eigenvalue weighted by molar-refractivity contribution is 7.18. The average Bonchev–Trinajstić information content (AvgIpc) is 2.78. The van der Waals surface area contributed by atoms with E-state index in [1.54, 1.807) is 0 Å². The van der Waals surface area contributed by atoms with Crippen LogP contribution in [-0.2, 0) is 4.79 Å². The summed E-state index contributed by atoms with van der Waals surface area (Å²) in [5.74, 6) is -0.328. The fourth-order valence-electron chi connectivity index (χ4n) is 1.28. The number of aromatic nitrogens is 2. The molecule has 0 aliphatic heterocycles. The summed E-state index contributed by atoms with van der Waals surface area (Å²) in [6.45, 7) is 0.485. The minimum atomic E-state index is -0.328. The van der Waals surface area contributed by atoms with Crippen molar-refractivity contribution >= 4 is 22.4 Å². The highest BCUT2D eigenvalue weighted by Gasteiger charge is 2.05. The van der Waals surface area contributed by atoms with E-state index >= 15 is 0 Å². The molecule has 0 atom stereocenters. The molecular weight excluding hydrogens is 236 g/mol. The highest BCUT2D eigenvalue weighted by Crippen LogP contribution is 2.25. The lowest BCUT2D eigenvalue weighted by atomic mass is 10.2. The number of rotatable bonds is 5. The summed E-state index contributed by atoms with van der Waals surface area (Å²) in [5.41, 5.74) is 6.08. The van der Waals surface area contributed by atoms with Crippen LogP contribution in [0.4, 0.5) is 5.13 Å². The molecule has 1 amide bonds. The maximum Gasteiger partial charge on any atom is 0.219 e. The molecule has 3 N–H and O–H groups in total. The summed E-state index contributed by atoms with van der Waals surface area (Å²) < 4.78 is 0. The van der Waals surface area contributed by atoms with Crippen LogP contribution in [0.25, 0.3) is 10.6 Å². The quantitative estimate of drug-likeness (QED) is 0.840. The summed E-state index contributed by atoms with van der Waals surface area (Å²) in [6.07, 6.45) is 0.292. The minimum absolute atomic E-state index is 0.292. The molecule has 0 saturated carbocycles. The van der Waals surface area contributed by atoms with Gasteiger partial charge in [-0.05, 0) is 0 Å². The molecule has 0 radical (unpaired) electrons. The van der Waals surface area contributed by atoms with Crippen LogP contribution in [0.1, 0.15) is 6.42 Å². The largest absolute Gasteiger partial charge is 0.370 e. The van der Waals surface area contributed by atoms with Crippen molar-refractivity contribution in [2.75, 3.05) is 11.9 Å². The van der Waals surface area contributed by atoms with Crippen molar-refractivity contribution in [2.45, 2.75) is 6.42 Å². The molecule has 0 saturated heterocycles. The first kappa shape index (κ1) is 11.5. The Morgan fingerprint density at radius 2 is 2.06 bits per heavy atom. The molecule has 2 aromatic rings. The fraction of sp³-hybridized carbons (Fsp3) is 0.182. The number of hydrogen-bond donors (Lipinski definition) is 2. The van der Waals surface area contributed by atoms with Gasteiger partial charge in [0.2, 0.25) is 11.0 Å². The Hall–Kier alpha value is -1.95. The molecule has 1 heterocycles. The Labute approximate surface area is 103 Å². The van der Waals surface area contributed by atoms with Crippen molar-refractivity contribution < 1.29 is 4.79 Å². The van der Waals surface area contributed by atoms with Crippen molar-refractivity contribution in [3.05, 3.63) is 30.3 Å². The first-order chi connectivity index (χ1) is 8.25. The smallest absolute Gasteiger partial charge is 0.219 e. The molecule has 1 aromatic heterocycles. The highest BCUT2D eigenvalue weighted by atomic mass is 32.1. The first-order valence-corrected chi connectivity index (χ1v) is 5.98. The molecule has 17 heavy (non-hydrogen) atoms. The lowest BCUT2D eigenvalue weighted by molar-refractivity contribution is -0.117. The molecular formula is C11H12N4OS. The molecule has 0 spiro atoms. The lowest BCUT2D eigenvalue weighted by Gasteiger charge is -1.97. The van der Waals surface area contributed by atoms with E-state index < -0.39 is 0 Å². The van der Waals surface area contributed by atoms with E-state index in [0.29, 0.717) is 18.1 Å². The number of anilines is 1. The predicted octanol–water partition coefficient (Wildman–Crippen LogP) is 1.49. The molecule has 88 valence electrons. The van der Waals surface area contributed by atoms with Crippen molar-refractivity contribution in [3.8, 4) is 10.6 Å². The van der Waals surface area contributed by atoms with Gasteiger partial charge in [-0.2, -0.15) is 0 Å². The Bertz CT molecular complexity index is 497. The first-order valence-electron chi connectivity index (χ1n) is 5.17. The van der Waals surface area contributed by atoms with E-state index in [1.165, 1.54) is 11.3 Å². The summed E-state index contributed by atoms with van der Waals surface area (Å²) in [4.78, 5) is 10.6. The topological polar surface area (TPSA) is 80.9 Å². The molecule has 0 aliphatic carbocycles. The second-order valence-corrected chi connectivity index (χ2v) is 4.40. The van der Waals surface area contributed by atoms with E-state index in [4.69, 9.17) is 5.73 Å². The third-order valence-electron chi connectivity index (χ3n) is 2.09. The van der Waals surface area contributed by atoms with Gasteiger partial charge in [0.15, 0.2) is 0 Å².